The zero-order valence-corrected chi connectivity index (χ0v) is 16.7. The van der Waals surface area contributed by atoms with E-state index in [-0.39, 0.29) is 0 Å². The van der Waals surface area contributed by atoms with E-state index in [1.165, 1.54) is 0 Å². The van der Waals surface area contributed by atoms with Crippen LogP contribution in [-0.2, 0) is 0 Å². The standard InChI is InChI=1S/C14H10Br2N6S2/c15-5-1-7-9(21-13(17)19-7)3-11(5)23-24-12-4-10-8(2-6(12)16)20-14(18)22-10/h1-4H,(H3,17,19,21)(H3,18,20,22). The average Bonchev–Trinajstić information content (AvgIpc) is 3.04. The molecule has 0 spiro atoms. The van der Waals surface area contributed by atoms with Gasteiger partial charge in [-0.25, -0.2) is 9.97 Å². The van der Waals surface area contributed by atoms with Crippen molar-refractivity contribution < 1.29 is 0 Å². The number of H-pyrrole nitrogens is 2. The molecule has 0 fully saturated rings. The molecule has 0 radical (unpaired) electrons. The van der Waals surface area contributed by atoms with Crippen LogP contribution in [0.2, 0.25) is 0 Å². The minimum atomic E-state index is 0.413. The monoisotopic (exact) mass is 484 g/mol. The van der Waals surface area contributed by atoms with E-state index in [1.807, 2.05) is 24.3 Å². The topological polar surface area (TPSA) is 109 Å². The molecule has 0 unspecified atom stereocenters. The lowest BCUT2D eigenvalue weighted by atomic mass is 10.3. The summed E-state index contributed by atoms with van der Waals surface area (Å²) in [6, 6.07) is 7.97. The number of benzene rings is 2. The molecule has 4 aromatic rings. The zero-order chi connectivity index (χ0) is 16.8. The smallest absolute Gasteiger partial charge is 0.198 e. The Bertz CT molecular complexity index is 988. The van der Waals surface area contributed by atoms with Crippen molar-refractivity contribution in [3.05, 3.63) is 33.2 Å². The number of hydrogen-bond donors (Lipinski definition) is 4. The highest BCUT2D eigenvalue weighted by Gasteiger charge is 2.11. The molecule has 6 N–H and O–H groups in total. The van der Waals surface area contributed by atoms with Crippen molar-refractivity contribution in [3.63, 3.8) is 0 Å². The highest BCUT2D eigenvalue weighted by molar-refractivity contribution is 9.11. The number of aromatic nitrogens is 4. The Morgan fingerprint density at radius 1 is 0.750 bits per heavy atom. The summed E-state index contributed by atoms with van der Waals surface area (Å²) in [5.41, 5.74) is 14.9. The molecule has 0 saturated carbocycles. The number of halogens is 2. The highest BCUT2D eigenvalue weighted by Crippen LogP contribution is 2.45. The molecular weight excluding hydrogens is 476 g/mol. The third-order valence-corrected chi connectivity index (χ3v) is 7.61. The van der Waals surface area contributed by atoms with Crippen LogP contribution in [0, 0.1) is 0 Å². The second kappa shape index (κ2) is 6.17. The maximum Gasteiger partial charge on any atom is 0.198 e. The maximum absolute atomic E-state index is 5.71. The van der Waals surface area contributed by atoms with Gasteiger partial charge in [-0.2, -0.15) is 0 Å². The van der Waals surface area contributed by atoms with Crippen molar-refractivity contribution in [2.24, 2.45) is 0 Å². The van der Waals surface area contributed by atoms with Gasteiger partial charge in [-0.05, 0) is 56.1 Å². The van der Waals surface area contributed by atoms with E-state index >= 15 is 0 Å². The van der Waals surface area contributed by atoms with Gasteiger partial charge < -0.3 is 21.4 Å². The molecule has 2 aromatic carbocycles. The van der Waals surface area contributed by atoms with Gasteiger partial charge in [-0.3, -0.25) is 0 Å². The maximum atomic E-state index is 5.71. The van der Waals surface area contributed by atoms with E-state index in [0.717, 1.165) is 40.8 Å². The number of aromatic amines is 2. The van der Waals surface area contributed by atoms with Crippen molar-refractivity contribution in [1.29, 1.82) is 0 Å². The molecule has 0 aliphatic carbocycles. The second-order valence-corrected chi connectivity index (χ2v) is 8.93. The van der Waals surface area contributed by atoms with Crippen LogP contribution in [0.25, 0.3) is 22.1 Å². The minimum absolute atomic E-state index is 0.413. The van der Waals surface area contributed by atoms with Crippen molar-refractivity contribution >= 4 is 87.4 Å². The molecular formula is C14H10Br2N6S2. The Hall–Kier alpha value is -1.36. The van der Waals surface area contributed by atoms with Gasteiger partial charge in [0.2, 0.25) is 0 Å². The van der Waals surface area contributed by atoms with Crippen molar-refractivity contribution in [1.82, 2.24) is 19.9 Å². The van der Waals surface area contributed by atoms with Gasteiger partial charge in [0.25, 0.3) is 0 Å². The fourth-order valence-corrected chi connectivity index (χ4v) is 6.24. The van der Waals surface area contributed by atoms with Crippen molar-refractivity contribution in [3.8, 4) is 0 Å². The van der Waals surface area contributed by atoms with Crippen molar-refractivity contribution in [2.45, 2.75) is 9.79 Å². The Morgan fingerprint density at radius 3 is 1.58 bits per heavy atom. The van der Waals surface area contributed by atoms with Gasteiger partial charge in [0, 0.05) is 18.7 Å². The molecule has 24 heavy (non-hydrogen) atoms. The van der Waals surface area contributed by atoms with Gasteiger partial charge in [0.15, 0.2) is 11.9 Å². The number of nitrogens with two attached hydrogens (primary N) is 2. The summed E-state index contributed by atoms with van der Waals surface area (Å²) in [5.74, 6) is 0.826. The molecule has 2 heterocycles. The zero-order valence-electron chi connectivity index (χ0n) is 11.9. The second-order valence-electron chi connectivity index (χ2n) is 5.01. The summed E-state index contributed by atoms with van der Waals surface area (Å²) in [7, 11) is 3.26. The summed E-state index contributed by atoms with van der Waals surface area (Å²) in [5, 5.41) is 0. The lowest BCUT2D eigenvalue weighted by molar-refractivity contribution is 1.35. The van der Waals surface area contributed by atoms with E-state index in [1.54, 1.807) is 21.6 Å². The molecule has 0 aliphatic rings. The molecule has 0 atom stereocenters. The molecule has 4 rings (SSSR count). The van der Waals surface area contributed by atoms with Gasteiger partial charge >= 0.3 is 0 Å². The third-order valence-electron chi connectivity index (χ3n) is 3.33. The molecule has 0 bridgehead atoms. The summed E-state index contributed by atoms with van der Waals surface area (Å²) < 4.78 is 1.97. The quantitative estimate of drug-likeness (QED) is 0.306. The fraction of sp³-hybridized carbons (Fsp3) is 0. The first-order chi connectivity index (χ1) is 11.5. The molecule has 0 amide bonds. The average molecular weight is 486 g/mol. The SMILES string of the molecule is Nc1nc2cc(SSc3cc4nc(N)[nH]c4cc3Br)c(Br)cc2[nH]1. The predicted octanol–water partition coefficient (Wildman–Crippen LogP) is 4.93. The first kappa shape index (κ1) is 16.1. The van der Waals surface area contributed by atoms with Crippen LogP contribution >= 0.6 is 53.4 Å². The normalized spacial score (nSPS) is 11.6. The predicted molar refractivity (Wildman–Crippen MR) is 108 cm³/mol. The number of rotatable bonds is 3. The Balaban J connectivity index is 1.64. The van der Waals surface area contributed by atoms with E-state index in [9.17, 15) is 0 Å². The molecule has 0 saturated heterocycles. The molecule has 6 nitrogen and oxygen atoms in total. The first-order valence-electron chi connectivity index (χ1n) is 6.73. The van der Waals surface area contributed by atoms with Crippen LogP contribution in [0.15, 0.2) is 43.0 Å². The summed E-state index contributed by atoms with van der Waals surface area (Å²) in [4.78, 5) is 16.7. The van der Waals surface area contributed by atoms with Crippen LogP contribution in [0.3, 0.4) is 0 Å². The lowest BCUT2D eigenvalue weighted by Crippen LogP contribution is -1.84. The van der Waals surface area contributed by atoms with Gasteiger partial charge in [-0.1, -0.05) is 21.6 Å². The van der Waals surface area contributed by atoms with Crippen LogP contribution < -0.4 is 11.5 Å². The van der Waals surface area contributed by atoms with E-state index < -0.39 is 0 Å². The first-order valence-corrected chi connectivity index (χ1v) is 10.5. The van der Waals surface area contributed by atoms with Gasteiger partial charge in [0.05, 0.1) is 22.1 Å². The third kappa shape index (κ3) is 2.99. The number of nitrogens with one attached hydrogen (secondary N) is 2. The van der Waals surface area contributed by atoms with Crippen LogP contribution in [0.4, 0.5) is 11.9 Å². The summed E-state index contributed by atoms with van der Waals surface area (Å²) >= 11 is 7.19. The fourth-order valence-electron chi connectivity index (χ4n) is 2.28. The Kier molecular flexibility index (Phi) is 4.15. The van der Waals surface area contributed by atoms with E-state index in [4.69, 9.17) is 11.5 Å². The number of nitrogens with zero attached hydrogens (tertiary/aromatic N) is 2. The van der Waals surface area contributed by atoms with Crippen LogP contribution in [0.5, 0.6) is 0 Å². The number of fused-ring (bicyclic) bond motifs is 2. The summed E-state index contributed by atoms with van der Waals surface area (Å²) in [6.45, 7) is 0. The van der Waals surface area contributed by atoms with Crippen molar-refractivity contribution in [2.75, 3.05) is 11.5 Å². The minimum Gasteiger partial charge on any atom is -0.369 e. The summed E-state index contributed by atoms with van der Waals surface area (Å²) in [6.07, 6.45) is 0. The Morgan fingerprint density at radius 2 is 1.17 bits per heavy atom. The van der Waals surface area contributed by atoms with Crippen LogP contribution in [-0.4, -0.2) is 19.9 Å². The number of hydrogen-bond acceptors (Lipinski definition) is 6. The number of anilines is 2. The lowest BCUT2D eigenvalue weighted by Gasteiger charge is -2.06. The van der Waals surface area contributed by atoms with E-state index in [0.29, 0.717) is 11.9 Å². The molecule has 2 aromatic heterocycles. The molecule has 122 valence electrons. The van der Waals surface area contributed by atoms with Crippen LogP contribution in [0.1, 0.15) is 0 Å². The van der Waals surface area contributed by atoms with Gasteiger partial charge in [0.1, 0.15) is 0 Å². The number of imidazole rings is 2. The highest BCUT2D eigenvalue weighted by atomic mass is 79.9. The number of nitrogen functional groups attached to an aromatic ring is 2. The molecule has 0 aliphatic heterocycles. The Labute approximate surface area is 161 Å². The van der Waals surface area contributed by atoms with E-state index in [2.05, 4.69) is 51.8 Å². The largest absolute Gasteiger partial charge is 0.369 e. The molecule has 10 heteroatoms. The van der Waals surface area contributed by atoms with Gasteiger partial charge in [-0.15, -0.1) is 0 Å².